The standard InChI is InChI=1S/C14H12ClF3N2O2/c1-7(2)19-13(21)11-10(15)12(22-20-11)8-3-5-9(6-4-8)14(16,17)18/h3-7H,1-2H3,(H,19,21). The van der Waals surface area contributed by atoms with Gasteiger partial charge in [-0.15, -0.1) is 0 Å². The van der Waals surface area contributed by atoms with Crippen LogP contribution in [-0.2, 0) is 6.18 Å². The van der Waals surface area contributed by atoms with Crippen molar-refractivity contribution in [3.05, 3.63) is 40.5 Å². The Bertz CT molecular complexity index is 678. The third-order valence-electron chi connectivity index (χ3n) is 2.74. The van der Waals surface area contributed by atoms with Gasteiger partial charge in [0.15, 0.2) is 11.5 Å². The van der Waals surface area contributed by atoms with Crippen molar-refractivity contribution in [1.29, 1.82) is 0 Å². The van der Waals surface area contributed by atoms with Crippen LogP contribution in [-0.4, -0.2) is 17.1 Å². The monoisotopic (exact) mass is 332 g/mol. The van der Waals surface area contributed by atoms with Crippen LogP contribution in [0.15, 0.2) is 28.8 Å². The van der Waals surface area contributed by atoms with Gasteiger partial charge in [-0.3, -0.25) is 4.79 Å². The number of carbonyl (C=O) groups is 1. The summed E-state index contributed by atoms with van der Waals surface area (Å²) in [6.07, 6.45) is -4.42. The number of halogens is 4. The van der Waals surface area contributed by atoms with Gasteiger partial charge in [-0.1, -0.05) is 28.9 Å². The molecule has 22 heavy (non-hydrogen) atoms. The lowest BCUT2D eigenvalue weighted by atomic mass is 10.1. The fourth-order valence-electron chi connectivity index (χ4n) is 1.74. The van der Waals surface area contributed by atoms with Gasteiger partial charge in [-0.05, 0) is 26.0 Å². The molecular formula is C14H12ClF3N2O2. The van der Waals surface area contributed by atoms with E-state index < -0.39 is 17.6 Å². The Kier molecular flexibility index (Phi) is 4.46. The highest BCUT2D eigenvalue weighted by Crippen LogP contribution is 2.34. The molecule has 0 aliphatic heterocycles. The first-order valence-corrected chi connectivity index (χ1v) is 6.71. The molecular weight excluding hydrogens is 321 g/mol. The first kappa shape index (κ1) is 16.4. The van der Waals surface area contributed by atoms with Gasteiger partial charge in [0.2, 0.25) is 0 Å². The van der Waals surface area contributed by atoms with Crippen molar-refractivity contribution in [2.24, 2.45) is 0 Å². The molecule has 0 radical (unpaired) electrons. The van der Waals surface area contributed by atoms with Crippen LogP contribution >= 0.6 is 11.6 Å². The molecule has 8 heteroatoms. The maximum absolute atomic E-state index is 12.5. The van der Waals surface area contributed by atoms with Gasteiger partial charge in [-0.2, -0.15) is 13.2 Å². The molecule has 118 valence electrons. The minimum Gasteiger partial charge on any atom is -0.354 e. The zero-order valence-corrected chi connectivity index (χ0v) is 12.4. The summed E-state index contributed by atoms with van der Waals surface area (Å²) < 4.78 is 42.5. The number of carbonyl (C=O) groups excluding carboxylic acids is 1. The van der Waals surface area contributed by atoms with Crippen LogP contribution in [0.5, 0.6) is 0 Å². The second kappa shape index (κ2) is 6.00. The molecule has 0 spiro atoms. The van der Waals surface area contributed by atoms with Crippen molar-refractivity contribution in [3.8, 4) is 11.3 Å². The third-order valence-corrected chi connectivity index (χ3v) is 3.10. The van der Waals surface area contributed by atoms with Crippen LogP contribution in [0.25, 0.3) is 11.3 Å². The zero-order valence-electron chi connectivity index (χ0n) is 11.7. The molecule has 0 fully saturated rings. The van der Waals surface area contributed by atoms with Gasteiger partial charge in [-0.25, -0.2) is 0 Å². The first-order valence-electron chi connectivity index (χ1n) is 6.34. The van der Waals surface area contributed by atoms with E-state index in [1.165, 1.54) is 12.1 Å². The summed E-state index contributed by atoms with van der Waals surface area (Å²) in [6.45, 7) is 3.53. The average Bonchev–Trinajstić information content (AvgIpc) is 2.79. The topological polar surface area (TPSA) is 55.1 Å². The van der Waals surface area contributed by atoms with Crippen molar-refractivity contribution in [3.63, 3.8) is 0 Å². The van der Waals surface area contributed by atoms with Crippen LogP contribution in [0.3, 0.4) is 0 Å². The lowest BCUT2D eigenvalue weighted by molar-refractivity contribution is -0.137. The van der Waals surface area contributed by atoms with E-state index in [4.69, 9.17) is 16.1 Å². The molecule has 1 N–H and O–H groups in total. The van der Waals surface area contributed by atoms with Crippen molar-refractivity contribution in [2.45, 2.75) is 26.1 Å². The summed E-state index contributed by atoms with van der Waals surface area (Å²) in [6, 6.07) is 4.11. The van der Waals surface area contributed by atoms with E-state index in [0.717, 1.165) is 12.1 Å². The van der Waals surface area contributed by atoms with Gasteiger partial charge in [0.1, 0.15) is 5.02 Å². The minimum atomic E-state index is -4.42. The van der Waals surface area contributed by atoms with Gasteiger partial charge < -0.3 is 9.84 Å². The van der Waals surface area contributed by atoms with Crippen molar-refractivity contribution in [1.82, 2.24) is 10.5 Å². The predicted octanol–water partition coefficient (Wildman–Crippen LogP) is 4.15. The summed E-state index contributed by atoms with van der Waals surface area (Å²) in [5, 5.41) is 6.13. The lowest BCUT2D eigenvalue weighted by Gasteiger charge is -2.06. The van der Waals surface area contributed by atoms with E-state index >= 15 is 0 Å². The molecule has 1 heterocycles. The Labute approximate surface area is 129 Å². The summed E-state index contributed by atoms with van der Waals surface area (Å²) >= 11 is 6.03. The molecule has 4 nitrogen and oxygen atoms in total. The summed E-state index contributed by atoms with van der Waals surface area (Å²) in [4.78, 5) is 11.8. The van der Waals surface area contributed by atoms with Gasteiger partial charge in [0.25, 0.3) is 5.91 Å². The fourth-order valence-corrected chi connectivity index (χ4v) is 2.00. The Morgan fingerprint density at radius 1 is 1.27 bits per heavy atom. The number of nitrogens with zero attached hydrogens (tertiary/aromatic N) is 1. The van der Waals surface area contributed by atoms with Gasteiger partial charge in [0.05, 0.1) is 5.56 Å². The second-order valence-corrected chi connectivity index (χ2v) is 5.26. The van der Waals surface area contributed by atoms with Crippen molar-refractivity contribution >= 4 is 17.5 Å². The summed E-state index contributed by atoms with van der Waals surface area (Å²) in [5.41, 5.74) is -0.593. The molecule has 0 aliphatic carbocycles. The van der Waals surface area contributed by atoms with Crippen LogP contribution in [0, 0.1) is 0 Å². The van der Waals surface area contributed by atoms with Crippen molar-refractivity contribution < 1.29 is 22.5 Å². The van der Waals surface area contributed by atoms with Crippen LogP contribution in [0.4, 0.5) is 13.2 Å². The van der Waals surface area contributed by atoms with Crippen LogP contribution < -0.4 is 5.32 Å². The smallest absolute Gasteiger partial charge is 0.354 e. The maximum Gasteiger partial charge on any atom is 0.416 e. The molecule has 1 amide bonds. The van der Waals surface area contributed by atoms with Crippen LogP contribution in [0.1, 0.15) is 29.9 Å². The first-order chi connectivity index (χ1) is 10.2. The quantitative estimate of drug-likeness (QED) is 0.918. The summed E-state index contributed by atoms with van der Waals surface area (Å²) in [5.74, 6) is -0.466. The van der Waals surface area contributed by atoms with E-state index in [1.807, 2.05) is 0 Å². The number of aromatic nitrogens is 1. The highest BCUT2D eigenvalue weighted by atomic mass is 35.5. The number of amides is 1. The van der Waals surface area contributed by atoms with E-state index in [0.29, 0.717) is 5.56 Å². The molecule has 0 saturated carbocycles. The zero-order chi connectivity index (χ0) is 16.5. The van der Waals surface area contributed by atoms with E-state index in [9.17, 15) is 18.0 Å². The number of hydrogen-bond donors (Lipinski definition) is 1. The van der Waals surface area contributed by atoms with E-state index in [-0.39, 0.29) is 22.5 Å². The number of alkyl halides is 3. The highest BCUT2D eigenvalue weighted by molar-refractivity contribution is 6.35. The Hall–Kier alpha value is -2.02. The molecule has 2 rings (SSSR count). The molecule has 1 aromatic carbocycles. The Balaban J connectivity index is 2.31. The van der Waals surface area contributed by atoms with Crippen LogP contribution in [0.2, 0.25) is 5.02 Å². The van der Waals surface area contributed by atoms with Gasteiger partial charge in [0, 0.05) is 11.6 Å². The number of hydrogen-bond acceptors (Lipinski definition) is 3. The number of rotatable bonds is 3. The van der Waals surface area contributed by atoms with E-state index in [2.05, 4.69) is 10.5 Å². The number of benzene rings is 1. The fraction of sp³-hybridized carbons (Fsp3) is 0.286. The van der Waals surface area contributed by atoms with Gasteiger partial charge >= 0.3 is 6.18 Å². The molecule has 0 aliphatic rings. The van der Waals surface area contributed by atoms with E-state index in [1.54, 1.807) is 13.8 Å². The summed E-state index contributed by atoms with van der Waals surface area (Å²) in [7, 11) is 0. The molecule has 1 aromatic heterocycles. The lowest BCUT2D eigenvalue weighted by Crippen LogP contribution is -2.30. The number of nitrogens with one attached hydrogen (secondary N) is 1. The SMILES string of the molecule is CC(C)NC(=O)c1noc(-c2ccc(C(F)(F)F)cc2)c1Cl. The Morgan fingerprint density at radius 3 is 2.36 bits per heavy atom. The highest BCUT2D eigenvalue weighted by Gasteiger charge is 2.30. The minimum absolute atomic E-state index is 0.0436. The molecule has 0 bridgehead atoms. The maximum atomic E-state index is 12.5. The predicted molar refractivity (Wildman–Crippen MR) is 74.6 cm³/mol. The largest absolute Gasteiger partial charge is 0.416 e. The Morgan fingerprint density at radius 2 is 1.86 bits per heavy atom. The van der Waals surface area contributed by atoms with Crippen molar-refractivity contribution in [2.75, 3.05) is 0 Å². The normalized spacial score (nSPS) is 11.8. The molecule has 0 saturated heterocycles. The molecule has 2 aromatic rings. The average molecular weight is 333 g/mol. The third kappa shape index (κ3) is 3.41. The molecule has 0 unspecified atom stereocenters. The molecule has 0 atom stereocenters. The second-order valence-electron chi connectivity index (χ2n) is 4.88.